The van der Waals surface area contributed by atoms with E-state index in [1.807, 2.05) is 26.8 Å². The molecule has 200 valence electrons. The van der Waals surface area contributed by atoms with Gasteiger partial charge in [-0.3, -0.25) is 14.7 Å². The quantitative estimate of drug-likeness (QED) is 0.250. The highest BCUT2D eigenvalue weighted by atomic mass is 32.2. The molecule has 0 spiro atoms. The van der Waals surface area contributed by atoms with Gasteiger partial charge in [0.2, 0.25) is 5.75 Å². The van der Waals surface area contributed by atoms with Crippen molar-refractivity contribution < 1.29 is 27.4 Å². The number of fused-ring (bicyclic) bond motifs is 1. The van der Waals surface area contributed by atoms with Crippen LogP contribution in [-0.4, -0.2) is 50.4 Å². The molecule has 0 atom stereocenters. The maximum atomic E-state index is 14.1. The molecule has 9 nitrogen and oxygen atoms in total. The third-order valence-corrected chi connectivity index (χ3v) is 7.62. The monoisotopic (exact) mass is 555 g/mol. The molecule has 0 bridgehead atoms. The van der Waals surface area contributed by atoms with Crippen LogP contribution in [0.25, 0.3) is 10.2 Å². The van der Waals surface area contributed by atoms with Crippen LogP contribution in [0, 0.1) is 0 Å². The van der Waals surface area contributed by atoms with Gasteiger partial charge in [0.05, 0.1) is 41.5 Å². The Morgan fingerprint density at radius 1 is 0.974 bits per heavy atom. The number of benzene rings is 2. The SMILES string of the molecule is CCOc1cc(C(=O)N(Cc2cccnc2)c2nc3ccc(S(C)(=O)=O)cc3s2)cc(OCC)c1OCC. The van der Waals surface area contributed by atoms with Crippen molar-refractivity contribution in [3.8, 4) is 17.2 Å². The summed E-state index contributed by atoms with van der Waals surface area (Å²) >= 11 is 1.24. The summed E-state index contributed by atoms with van der Waals surface area (Å²) in [6.07, 6.45) is 4.51. The Labute approximate surface area is 225 Å². The summed E-state index contributed by atoms with van der Waals surface area (Å²) in [5, 5.41) is 0.421. The molecule has 0 N–H and O–H groups in total. The zero-order valence-electron chi connectivity index (χ0n) is 21.6. The lowest BCUT2D eigenvalue weighted by molar-refractivity contribution is 0.0984. The van der Waals surface area contributed by atoms with Crippen LogP contribution in [0.15, 0.2) is 59.8 Å². The molecule has 0 saturated carbocycles. The normalized spacial score (nSPS) is 11.4. The summed E-state index contributed by atoms with van der Waals surface area (Å²) in [5.41, 5.74) is 1.73. The number of carbonyl (C=O) groups excluding carboxylic acids is 1. The number of pyridine rings is 1. The number of amides is 1. The summed E-state index contributed by atoms with van der Waals surface area (Å²) in [7, 11) is -3.39. The molecule has 11 heteroatoms. The van der Waals surface area contributed by atoms with Gasteiger partial charge >= 0.3 is 0 Å². The van der Waals surface area contributed by atoms with Gasteiger partial charge in [0.15, 0.2) is 26.5 Å². The Morgan fingerprint density at radius 2 is 1.66 bits per heavy atom. The van der Waals surface area contributed by atoms with Crippen molar-refractivity contribution in [2.45, 2.75) is 32.2 Å². The van der Waals surface area contributed by atoms with Gasteiger partial charge in [-0.15, -0.1) is 0 Å². The predicted octanol–water partition coefficient (Wildman–Crippen LogP) is 5.14. The molecule has 2 heterocycles. The average molecular weight is 556 g/mol. The van der Waals surface area contributed by atoms with Gasteiger partial charge in [0.25, 0.3) is 5.91 Å². The number of rotatable bonds is 11. The molecule has 0 aliphatic heterocycles. The Bertz CT molecular complexity index is 1510. The molecule has 1 amide bonds. The van der Waals surface area contributed by atoms with E-state index in [0.717, 1.165) is 11.8 Å². The van der Waals surface area contributed by atoms with Gasteiger partial charge in [-0.1, -0.05) is 17.4 Å². The fourth-order valence-corrected chi connectivity index (χ4v) is 5.53. The summed E-state index contributed by atoms with van der Waals surface area (Å²) in [6, 6.07) is 11.7. The van der Waals surface area contributed by atoms with Crippen LogP contribution in [0.4, 0.5) is 5.13 Å². The molecular weight excluding hydrogens is 526 g/mol. The lowest BCUT2D eigenvalue weighted by Crippen LogP contribution is -2.30. The van der Waals surface area contributed by atoms with Crippen molar-refractivity contribution in [2.24, 2.45) is 0 Å². The van der Waals surface area contributed by atoms with Crippen LogP contribution in [0.5, 0.6) is 17.2 Å². The predicted molar refractivity (Wildman–Crippen MR) is 147 cm³/mol. The van der Waals surface area contributed by atoms with Gasteiger partial charge in [-0.05, 0) is 62.7 Å². The Hall–Kier alpha value is -3.70. The van der Waals surface area contributed by atoms with Gasteiger partial charge in [-0.25, -0.2) is 13.4 Å². The Balaban J connectivity index is 1.83. The van der Waals surface area contributed by atoms with E-state index in [0.29, 0.717) is 58.0 Å². The first-order chi connectivity index (χ1) is 18.2. The molecule has 0 saturated heterocycles. The molecular formula is C27H29N3O6S2. The van der Waals surface area contributed by atoms with Crippen molar-refractivity contribution in [1.29, 1.82) is 0 Å². The zero-order valence-corrected chi connectivity index (χ0v) is 23.3. The highest BCUT2D eigenvalue weighted by Crippen LogP contribution is 2.40. The molecule has 0 fully saturated rings. The number of carbonyl (C=O) groups is 1. The average Bonchev–Trinajstić information content (AvgIpc) is 3.32. The summed E-state index contributed by atoms with van der Waals surface area (Å²) < 4.78 is 42.2. The lowest BCUT2D eigenvalue weighted by atomic mass is 10.1. The standard InChI is InChI=1S/C27H29N3O6S2/c1-5-34-22-13-19(14-23(35-6-2)25(22)36-7-3)26(31)30(17-18-9-8-12-28-16-18)27-29-21-11-10-20(38(4,32)33)15-24(21)37-27/h8-16H,5-7,17H2,1-4H3. The summed E-state index contributed by atoms with van der Waals surface area (Å²) in [4.78, 5) is 24.6. The lowest BCUT2D eigenvalue weighted by Gasteiger charge is -2.22. The fraction of sp³-hybridized carbons (Fsp3) is 0.296. The first-order valence-electron chi connectivity index (χ1n) is 12.1. The van der Waals surface area contributed by atoms with Crippen molar-refractivity contribution in [3.63, 3.8) is 0 Å². The molecule has 2 aromatic heterocycles. The van der Waals surface area contributed by atoms with Crippen LogP contribution in [0.2, 0.25) is 0 Å². The third-order valence-electron chi connectivity index (χ3n) is 5.47. The highest BCUT2D eigenvalue weighted by molar-refractivity contribution is 7.90. The number of thiazole rings is 1. The summed E-state index contributed by atoms with van der Waals surface area (Å²) in [5.74, 6) is 0.931. The number of hydrogen-bond donors (Lipinski definition) is 0. The van der Waals surface area contributed by atoms with Gasteiger partial charge in [-0.2, -0.15) is 0 Å². The fourth-order valence-electron chi connectivity index (χ4n) is 3.81. The van der Waals surface area contributed by atoms with Crippen LogP contribution in [-0.2, 0) is 16.4 Å². The van der Waals surface area contributed by atoms with Crippen molar-refractivity contribution in [3.05, 3.63) is 66.0 Å². The second-order valence-corrected chi connectivity index (χ2v) is 11.3. The maximum Gasteiger partial charge on any atom is 0.260 e. The van der Waals surface area contributed by atoms with E-state index in [1.165, 1.54) is 17.4 Å². The first kappa shape index (κ1) is 27.3. The number of hydrogen-bond acceptors (Lipinski definition) is 9. The molecule has 0 aliphatic rings. The van der Waals surface area contributed by atoms with Crippen molar-refractivity contribution in [2.75, 3.05) is 31.0 Å². The van der Waals surface area contributed by atoms with Crippen molar-refractivity contribution >= 4 is 42.4 Å². The second-order valence-electron chi connectivity index (χ2n) is 8.25. The third kappa shape index (κ3) is 6.05. The summed E-state index contributed by atoms with van der Waals surface area (Å²) in [6.45, 7) is 6.93. The minimum atomic E-state index is -3.39. The van der Waals surface area contributed by atoms with Crippen LogP contribution in [0.3, 0.4) is 0 Å². The molecule has 4 aromatic rings. The van der Waals surface area contributed by atoms with E-state index in [-0.39, 0.29) is 17.3 Å². The molecule has 38 heavy (non-hydrogen) atoms. The van der Waals surface area contributed by atoms with E-state index in [2.05, 4.69) is 9.97 Å². The molecule has 0 unspecified atom stereocenters. The van der Waals surface area contributed by atoms with Gasteiger partial charge in [0.1, 0.15) is 0 Å². The van der Waals surface area contributed by atoms with Crippen LogP contribution in [0.1, 0.15) is 36.7 Å². The van der Waals surface area contributed by atoms with E-state index in [9.17, 15) is 13.2 Å². The Kier molecular flexibility index (Phi) is 8.48. The topological polar surface area (TPSA) is 108 Å². The van der Waals surface area contributed by atoms with E-state index in [4.69, 9.17) is 14.2 Å². The van der Waals surface area contributed by atoms with E-state index < -0.39 is 9.84 Å². The van der Waals surface area contributed by atoms with Gasteiger partial charge < -0.3 is 14.2 Å². The molecule has 0 radical (unpaired) electrons. The van der Waals surface area contributed by atoms with Crippen LogP contribution >= 0.6 is 11.3 Å². The first-order valence-corrected chi connectivity index (χ1v) is 14.8. The smallest absolute Gasteiger partial charge is 0.260 e. The van der Waals surface area contributed by atoms with E-state index >= 15 is 0 Å². The highest BCUT2D eigenvalue weighted by Gasteiger charge is 2.26. The number of nitrogens with zero attached hydrogens (tertiary/aromatic N) is 3. The van der Waals surface area contributed by atoms with E-state index in [1.54, 1.807) is 47.6 Å². The van der Waals surface area contributed by atoms with Crippen molar-refractivity contribution in [1.82, 2.24) is 9.97 Å². The van der Waals surface area contributed by atoms with Gasteiger partial charge in [0, 0.05) is 24.2 Å². The minimum Gasteiger partial charge on any atom is -0.490 e. The number of aromatic nitrogens is 2. The zero-order chi connectivity index (χ0) is 27.3. The second kappa shape index (κ2) is 11.8. The molecule has 2 aromatic carbocycles. The largest absolute Gasteiger partial charge is 0.490 e. The molecule has 0 aliphatic carbocycles. The number of sulfone groups is 1. The Morgan fingerprint density at radius 3 is 2.24 bits per heavy atom. The number of anilines is 1. The number of ether oxygens (including phenoxy) is 3. The molecule has 4 rings (SSSR count). The maximum absolute atomic E-state index is 14.1. The minimum absolute atomic E-state index is 0.194. The van der Waals surface area contributed by atoms with Crippen LogP contribution < -0.4 is 19.1 Å².